The van der Waals surface area contributed by atoms with E-state index in [1.165, 1.54) is 52.3 Å². The van der Waals surface area contributed by atoms with E-state index < -0.39 is 29.8 Å². The number of nitrogens with zero attached hydrogens (tertiary/aromatic N) is 6. The van der Waals surface area contributed by atoms with Crippen LogP contribution in [0.4, 0.5) is 4.39 Å². The maximum Gasteiger partial charge on any atom is 0.335 e. The zero-order chi connectivity index (χ0) is 37.1. The van der Waals surface area contributed by atoms with Crippen molar-refractivity contribution in [2.24, 2.45) is 11.7 Å². The third-order valence-corrected chi connectivity index (χ3v) is 9.85. The Morgan fingerprint density at radius 1 is 1.06 bits per heavy atom. The van der Waals surface area contributed by atoms with Gasteiger partial charge in [-0.05, 0) is 87.4 Å². The lowest BCUT2D eigenvalue weighted by molar-refractivity contribution is -0.136. The molecule has 2 aliphatic rings. The summed E-state index contributed by atoms with van der Waals surface area (Å²) in [5, 5.41) is 20.2. The SMILES string of the molecule is CC(C)[C@H](N)C(=O)N1CC=C(c2cccc3c2CCN(C(=O)/C=C/c2c(-n4cnnn4)ccc(Cl)c2F)C3C(=O)Cc2ccc(C(=O)O)cc2)CC1. The average Bonchev–Trinajstić information content (AvgIpc) is 3.69. The molecule has 3 aromatic carbocycles. The number of tetrazole rings is 1. The van der Waals surface area contributed by atoms with Crippen LogP contribution in [-0.4, -0.2) is 84.4 Å². The molecule has 0 spiro atoms. The molecular weight excluding hydrogens is 689 g/mol. The summed E-state index contributed by atoms with van der Waals surface area (Å²) in [5.41, 5.74) is 10.7. The minimum absolute atomic E-state index is 0.0136. The predicted molar refractivity (Wildman–Crippen MR) is 192 cm³/mol. The van der Waals surface area contributed by atoms with E-state index in [1.807, 2.05) is 38.1 Å². The molecule has 3 N–H and O–H groups in total. The van der Waals surface area contributed by atoms with Gasteiger partial charge in [-0.25, -0.2) is 9.18 Å². The van der Waals surface area contributed by atoms with Crippen molar-refractivity contribution < 1.29 is 28.7 Å². The molecule has 4 aromatic rings. The highest BCUT2D eigenvalue weighted by molar-refractivity contribution is 6.31. The van der Waals surface area contributed by atoms with Crippen LogP contribution >= 0.6 is 11.6 Å². The molecular formula is C38H37ClFN7O5. The Morgan fingerprint density at radius 3 is 2.48 bits per heavy atom. The summed E-state index contributed by atoms with van der Waals surface area (Å²) in [5.74, 6) is -2.72. The maximum atomic E-state index is 15.3. The molecule has 14 heteroatoms. The summed E-state index contributed by atoms with van der Waals surface area (Å²) in [6.07, 6.45) is 6.79. The standard InChI is InChI=1S/C38H37ClFN7O5/c1-22(2)35(41)37(50)45-17-14-24(15-18-45)26-4-3-5-28-27(26)16-19-46(36(28)32(48)20-23-6-8-25(9-7-23)38(51)52)33(49)13-10-29-31(47-21-42-43-44-47)12-11-30(39)34(29)40/h3-14,21-22,35-36H,15-20,41H2,1-2H3,(H,51,52)/b13-10+/t35-,36?/m0/s1. The van der Waals surface area contributed by atoms with Gasteiger partial charge >= 0.3 is 5.97 Å². The van der Waals surface area contributed by atoms with Gasteiger partial charge in [-0.3, -0.25) is 14.4 Å². The third-order valence-electron chi connectivity index (χ3n) is 9.56. The Bertz CT molecular complexity index is 2080. The molecule has 6 rings (SSSR count). The fraction of sp³-hybridized carbons (Fsp3) is 0.289. The minimum atomic E-state index is -1.08. The van der Waals surface area contributed by atoms with E-state index in [4.69, 9.17) is 17.3 Å². The average molecular weight is 726 g/mol. The number of hydrogen-bond donors (Lipinski definition) is 2. The number of amides is 2. The van der Waals surface area contributed by atoms with Gasteiger partial charge in [0.25, 0.3) is 0 Å². The van der Waals surface area contributed by atoms with Crippen molar-refractivity contribution in [2.45, 2.75) is 45.2 Å². The number of halogens is 2. The number of aromatic carboxylic acids is 1. The minimum Gasteiger partial charge on any atom is -0.478 e. The molecule has 52 heavy (non-hydrogen) atoms. The zero-order valence-electron chi connectivity index (χ0n) is 28.6. The molecule has 0 radical (unpaired) electrons. The molecule has 2 aliphatic heterocycles. The number of carbonyl (C=O) groups is 4. The lowest BCUT2D eigenvalue weighted by Crippen LogP contribution is -2.47. The second-order valence-electron chi connectivity index (χ2n) is 13.1. The highest BCUT2D eigenvalue weighted by Crippen LogP contribution is 2.37. The van der Waals surface area contributed by atoms with Gasteiger partial charge in [0.15, 0.2) is 11.6 Å². The fourth-order valence-electron chi connectivity index (χ4n) is 6.66. The van der Waals surface area contributed by atoms with Crippen molar-refractivity contribution >= 4 is 46.8 Å². The van der Waals surface area contributed by atoms with Gasteiger partial charge in [-0.15, -0.1) is 5.10 Å². The summed E-state index contributed by atoms with van der Waals surface area (Å²) in [6.45, 7) is 4.95. The molecule has 1 aromatic heterocycles. The van der Waals surface area contributed by atoms with Crippen molar-refractivity contribution in [2.75, 3.05) is 19.6 Å². The first kappa shape index (κ1) is 36.3. The Kier molecular flexibility index (Phi) is 10.7. The normalized spacial score (nSPS) is 16.5. The predicted octanol–water partition coefficient (Wildman–Crippen LogP) is 4.70. The molecule has 0 aliphatic carbocycles. The smallest absolute Gasteiger partial charge is 0.335 e. The Balaban J connectivity index is 1.34. The summed E-state index contributed by atoms with van der Waals surface area (Å²) < 4.78 is 16.6. The van der Waals surface area contributed by atoms with Crippen molar-refractivity contribution in [3.8, 4) is 5.69 Å². The first-order valence-electron chi connectivity index (χ1n) is 16.8. The van der Waals surface area contributed by atoms with E-state index in [9.17, 15) is 24.3 Å². The summed E-state index contributed by atoms with van der Waals surface area (Å²) in [4.78, 5) is 55.8. The van der Waals surface area contributed by atoms with Crippen LogP contribution in [-0.2, 0) is 27.2 Å². The van der Waals surface area contributed by atoms with Gasteiger partial charge in [0, 0.05) is 37.7 Å². The van der Waals surface area contributed by atoms with Crippen molar-refractivity contribution in [1.29, 1.82) is 0 Å². The highest BCUT2D eigenvalue weighted by atomic mass is 35.5. The maximum absolute atomic E-state index is 15.3. The highest BCUT2D eigenvalue weighted by Gasteiger charge is 2.36. The quantitative estimate of drug-likeness (QED) is 0.221. The van der Waals surface area contributed by atoms with Crippen LogP contribution in [0.15, 0.2) is 73.1 Å². The number of aromatic nitrogens is 4. The van der Waals surface area contributed by atoms with E-state index in [0.717, 1.165) is 16.7 Å². The summed E-state index contributed by atoms with van der Waals surface area (Å²) >= 11 is 6.09. The van der Waals surface area contributed by atoms with Crippen LogP contribution < -0.4 is 5.73 Å². The number of fused-ring (bicyclic) bond motifs is 1. The molecule has 2 amide bonds. The number of carboxylic acids is 1. The number of rotatable bonds is 10. The second kappa shape index (κ2) is 15.4. The van der Waals surface area contributed by atoms with Crippen LogP contribution in [0.3, 0.4) is 0 Å². The Labute approximate surface area is 304 Å². The lowest BCUT2D eigenvalue weighted by Gasteiger charge is -2.37. The van der Waals surface area contributed by atoms with Crippen molar-refractivity contribution in [1.82, 2.24) is 30.0 Å². The molecule has 0 saturated carbocycles. The Hall–Kier alpha value is -5.53. The molecule has 2 atom stereocenters. The molecule has 3 heterocycles. The number of ketones is 1. The zero-order valence-corrected chi connectivity index (χ0v) is 29.3. The van der Waals surface area contributed by atoms with Gasteiger partial charge < -0.3 is 20.6 Å². The van der Waals surface area contributed by atoms with Crippen LogP contribution in [0.25, 0.3) is 17.3 Å². The van der Waals surface area contributed by atoms with Gasteiger partial charge in [0.2, 0.25) is 11.8 Å². The fourth-order valence-corrected chi connectivity index (χ4v) is 6.83. The van der Waals surface area contributed by atoms with E-state index in [0.29, 0.717) is 37.1 Å². The molecule has 0 bridgehead atoms. The van der Waals surface area contributed by atoms with Crippen LogP contribution in [0, 0.1) is 11.7 Å². The number of nitrogens with two attached hydrogens (primary N) is 1. The summed E-state index contributed by atoms with van der Waals surface area (Å²) in [6, 6.07) is 13.0. The van der Waals surface area contributed by atoms with Gasteiger partial charge in [-0.2, -0.15) is 4.68 Å². The van der Waals surface area contributed by atoms with Crippen molar-refractivity contribution in [3.63, 3.8) is 0 Å². The van der Waals surface area contributed by atoms with Crippen LogP contribution in [0.5, 0.6) is 0 Å². The first-order chi connectivity index (χ1) is 24.9. The van der Waals surface area contributed by atoms with E-state index in [2.05, 4.69) is 15.5 Å². The number of carbonyl (C=O) groups excluding carboxylic acids is 3. The molecule has 12 nitrogen and oxygen atoms in total. The number of benzene rings is 3. The van der Waals surface area contributed by atoms with Crippen LogP contribution in [0.2, 0.25) is 5.02 Å². The number of Topliss-reactive ketones (excluding diaryl/α,β-unsaturated/α-hetero) is 1. The largest absolute Gasteiger partial charge is 0.478 e. The van der Waals surface area contributed by atoms with E-state index in [-0.39, 0.29) is 52.4 Å². The van der Waals surface area contributed by atoms with Gasteiger partial charge in [0.1, 0.15) is 12.4 Å². The first-order valence-corrected chi connectivity index (χ1v) is 17.2. The number of carboxylic acid groups (broad SMARTS) is 1. The third kappa shape index (κ3) is 7.41. The Morgan fingerprint density at radius 2 is 1.83 bits per heavy atom. The van der Waals surface area contributed by atoms with Gasteiger partial charge in [0.05, 0.1) is 22.3 Å². The van der Waals surface area contributed by atoms with Crippen molar-refractivity contribution in [3.05, 3.63) is 117 Å². The van der Waals surface area contributed by atoms with E-state index in [1.54, 1.807) is 17.0 Å². The molecule has 1 unspecified atom stereocenters. The van der Waals surface area contributed by atoms with E-state index >= 15 is 4.39 Å². The number of hydrogen-bond acceptors (Lipinski definition) is 8. The topological polar surface area (TPSA) is 165 Å². The lowest BCUT2D eigenvalue weighted by atomic mass is 9.82. The molecule has 0 saturated heterocycles. The molecule has 268 valence electrons. The van der Waals surface area contributed by atoms with Crippen LogP contribution in [0.1, 0.15) is 64.5 Å². The monoisotopic (exact) mass is 725 g/mol. The second-order valence-corrected chi connectivity index (χ2v) is 13.5. The summed E-state index contributed by atoms with van der Waals surface area (Å²) in [7, 11) is 0. The molecule has 0 fully saturated rings. The van der Waals surface area contributed by atoms with Gasteiger partial charge in [-0.1, -0.05) is 61.9 Å².